The van der Waals surface area contributed by atoms with Crippen LogP contribution in [0.1, 0.15) is 35.5 Å². The molecule has 0 radical (unpaired) electrons. The quantitative estimate of drug-likeness (QED) is 0.0721. The number of Topliss-reactive ketones (excluding diaryl/α,β-unsaturated/α-hetero) is 1. The maximum Gasteiger partial charge on any atom is 0.301 e. The number of carbonyl (C=O) groups is 2. The second-order valence-electron chi connectivity index (χ2n) is 9.61. The van der Waals surface area contributed by atoms with Gasteiger partial charge in [-0.15, -0.1) is 10.2 Å². The van der Waals surface area contributed by atoms with Crippen molar-refractivity contribution in [1.29, 1.82) is 0 Å². The van der Waals surface area contributed by atoms with Gasteiger partial charge in [-0.25, -0.2) is 4.98 Å². The fourth-order valence-electron chi connectivity index (χ4n) is 5.08. The van der Waals surface area contributed by atoms with Crippen LogP contribution < -0.4 is 14.4 Å². The van der Waals surface area contributed by atoms with Gasteiger partial charge in [0.1, 0.15) is 11.3 Å². The van der Waals surface area contributed by atoms with Crippen LogP contribution in [-0.2, 0) is 15.3 Å². The summed E-state index contributed by atoms with van der Waals surface area (Å²) in [6, 6.07) is 19.5. The minimum absolute atomic E-state index is 0.0846. The number of imidazole rings is 1. The SMILES string of the molecule is CCOc1ccc(C2/C(=C(\O)c3c(C)nc4ccccn34)C(=O)C(=O)N2c2nnc(SCc3ccccc3)s2)cc1OC. The highest BCUT2D eigenvalue weighted by molar-refractivity contribution is 8.00. The fourth-order valence-corrected chi connectivity index (χ4v) is 6.90. The van der Waals surface area contributed by atoms with E-state index in [1.807, 2.05) is 43.3 Å². The first-order valence-electron chi connectivity index (χ1n) is 13.5. The van der Waals surface area contributed by atoms with Crippen LogP contribution in [0.25, 0.3) is 11.4 Å². The number of pyridine rings is 1. The number of amides is 1. The zero-order chi connectivity index (χ0) is 30.1. The summed E-state index contributed by atoms with van der Waals surface area (Å²) in [5.74, 6) is -0.387. The molecule has 43 heavy (non-hydrogen) atoms. The Morgan fingerprint density at radius 2 is 1.84 bits per heavy atom. The molecule has 0 spiro atoms. The minimum atomic E-state index is -1.02. The number of fused-ring (bicyclic) bond motifs is 1. The van der Waals surface area contributed by atoms with Crippen LogP contribution in [0, 0.1) is 6.92 Å². The molecule has 0 aliphatic carbocycles. The van der Waals surface area contributed by atoms with E-state index in [1.54, 1.807) is 47.9 Å². The fraction of sp³-hybridized carbons (Fsp3) is 0.194. The largest absolute Gasteiger partial charge is 0.505 e. The zero-order valence-corrected chi connectivity index (χ0v) is 25.2. The van der Waals surface area contributed by atoms with E-state index >= 15 is 0 Å². The Kier molecular flexibility index (Phi) is 7.87. The van der Waals surface area contributed by atoms with Crippen molar-refractivity contribution in [1.82, 2.24) is 19.6 Å². The number of carbonyl (C=O) groups excluding carboxylic acids is 2. The molecule has 1 N–H and O–H groups in total. The molecule has 0 bridgehead atoms. The molecule has 3 aromatic heterocycles. The van der Waals surface area contributed by atoms with Crippen molar-refractivity contribution in [2.24, 2.45) is 0 Å². The Hall–Kier alpha value is -4.68. The van der Waals surface area contributed by atoms with Crippen molar-refractivity contribution in [3.05, 3.63) is 101 Å². The van der Waals surface area contributed by atoms with E-state index in [-0.39, 0.29) is 16.5 Å². The van der Waals surface area contributed by atoms with E-state index in [4.69, 9.17) is 9.47 Å². The third-order valence-corrected chi connectivity index (χ3v) is 9.11. The molecule has 4 heterocycles. The molecule has 1 atom stereocenters. The molecule has 1 unspecified atom stereocenters. The van der Waals surface area contributed by atoms with Gasteiger partial charge in [0, 0.05) is 11.9 Å². The highest BCUT2D eigenvalue weighted by Crippen LogP contribution is 2.46. The van der Waals surface area contributed by atoms with Gasteiger partial charge in [-0.1, -0.05) is 65.6 Å². The number of aliphatic hydroxyl groups excluding tert-OH is 1. The molecule has 1 saturated heterocycles. The maximum atomic E-state index is 13.8. The van der Waals surface area contributed by atoms with Crippen molar-refractivity contribution >= 4 is 51.3 Å². The number of ether oxygens (including phenoxy) is 2. The first-order chi connectivity index (χ1) is 20.9. The predicted molar refractivity (Wildman–Crippen MR) is 165 cm³/mol. The zero-order valence-electron chi connectivity index (χ0n) is 23.6. The van der Waals surface area contributed by atoms with Crippen LogP contribution in [0.15, 0.2) is 82.8 Å². The summed E-state index contributed by atoms with van der Waals surface area (Å²) >= 11 is 2.69. The topological polar surface area (TPSA) is 119 Å². The second kappa shape index (κ2) is 11.9. The Labute approximate surface area is 255 Å². The summed E-state index contributed by atoms with van der Waals surface area (Å²) in [5.41, 5.74) is 3.00. The monoisotopic (exact) mass is 613 g/mol. The number of nitrogens with zero attached hydrogens (tertiary/aromatic N) is 5. The van der Waals surface area contributed by atoms with Crippen molar-refractivity contribution in [3.8, 4) is 11.5 Å². The molecule has 1 aliphatic heterocycles. The molecule has 10 nitrogen and oxygen atoms in total. The van der Waals surface area contributed by atoms with E-state index in [1.165, 1.54) is 35.1 Å². The van der Waals surface area contributed by atoms with Crippen LogP contribution in [0.3, 0.4) is 0 Å². The van der Waals surface area contributed by atoms with Crippen LogP contribution in [0.2, 0.25) is 0 Å². The molecular weight excluding hydrogens is 587 g/mol. The third-order valence-electron chi connectivity index (χ3n) is 6.98. The summed E-state index contributed by atoms with van der Waals surface area (Å²) in [6.07, 6.45) is 1.75. The highest BCUT2D eigenvalue weighted by Gasteiger charge is 2.49. The van der Waals surface area contributed by atoms with Gasteiger partial charge in [0.25, 0.3) is 5.78 Å². The van der Waals surface area contributed by atoms with Gasteiger partial charge in [0.2, 0.25) is 5.13 Å². The third kappa shape index (κ3) is 5.23. The average Bonchev–Trinajstić information content (AvgIpc) is 3.70. The van der Waals surface area contributed by atoms with Crippen LogP contribution >= 0.6 is 23.1 Å². The van der Waals surface area contributed by atoms with Crippen molar-refractivity contribution in [2.75, 3.05) is 18.6 Å². The van der Waals surface area contributed by atoms with Gasteiger partial charge >= 0.3 is 5.91 Å². The van der Waals surface area contributed by atoms with Gasteiger partial charge in [-0.05, 0) is 49.2 Å². The molecule has 1 amide bonds. The number of thioether (sulfide) groups is 1. The van der Waals surface area contributed by atoms with E-state index in [9.17, 15) is 14.7 Å². The number of benzene rings is 2. The van der Waals surface area contributed by atoms with E-state index in [0.29, 0.717) is 50.8 Å². The molecule has 218 valence electrons. The molecular formula is C31H27N5O5S2. The molecule has 0 saturated carbocycles. The van der Waals surface area contributed by atoms with Gasteiger partial charge in [0.05, 0.1) is 31.0 Å². The first-order valence-corrected chi connectivity index (χ1v) is 15.3. The molecule has 2 aromatic carbocycles. The number of aryl methyl sites for hydroxylation is 1. The Morgan fingerprint density at radius 3 is 2.60 bits per heavy atom. The molecule has 1 fully saturated rings. The van der Waals surface area contributed by atoms with Gasteiger partial charge in [-0.2, -0.15) is 0 Å². The summed E-state index contributed by atoms with van der Waals surface area (Å²) in [7, 11) is 1.52. The lowest BCUT2D eigenvalue weighted by atomic mass is 9.96. The Morgan fingerprint density at radius 1 is 1.05 bits per heavy atom. The van der Waals surface area contributed by atoms with Crippen LogP contribution in [-0.4, -0.2) is 50.1 Å². The number of anilines is 1. The number of aliphatic hydroxyl groups is 1. The highest BCUT2D eigenvalue weighted by atomic mass is 32.2. The first kappa shape index (κ1) is 28.4. The van der Waals surface area contributed by atoms with E-state index in [2.05, 4.69) is 15.2 Å². The number of ketones is 1. The van der Waals surface area contributed by atoms with Gasteiger partial charge in [0.15, 0.2) is 21.6 Å². The van der Waals surface area contributed by atoms with Crippen LogP contribution in [0.4, 0.5) is 5.13 Å². The van der Waals surface area contributed by atoms with Crippen LogP contribution in [0.5, 0.6) is 11.5 Å². The lowest BCUT2D eigenvalue weighted by molar-refractivity contribution is -0.132. The van der Waals surface area contributed by atoms with Gasteiger partial charge in [-0.3, -0.25) is 18.9 Å². The molecule has 1 aliphatic rings. The molecule has 12 heteroatoms. The maximum absolute atomic E-state index is 13.8. The summed E-state index contributed by atoms with van der Waals surface area (Å²) in [5, 5.41) is 20.6. The predicted octanol–water partition coefficient (Wildman–Crippen LogP) is 5.82. The van der Waals surface area contributed by atoms with Crippen molar-refractivity contribution in [2.45, 2.75) is 30.0 Å². The molecule has 6 rings (SSSR count). The van der Waals surface area contributed by atoms with Gasteiger partial charge < -0.3 is 14.6 Å². The second-order valence-corrected chi connectivity index (χ2v) is 11.8. The van der Waals surface area contributed by atoms with Crippen molar-refractivity contribution < 1.29 is 24.2 Å². The number of methoxy groups -OCH3 is 1. The summed E-state index contributed by atoms with van der Waals surface area (Å²) in [4.78, 5) is 33.3. The smallest absolute Gasteiger partial charge is 0.301 e. The lowest BCUT2D eigenvalue weighted by Gasteiger charge is -2.23. The van der Waals surface area contributed by atoms with E-state index in [0.717, 1.165) is 5.56 Å². The summed E-state index contributed by atoms with van der Waals surface area (Å²) < 4.78 is 13.6. The minimum Gasteiger partial charge on any atom is -0.505 e. The lowest BCUT2D eigenvalue weighted by Crippen LogP contribution is -2.29. The number of hydrogen-bond donors (Lipinski definition) is 1. The molecule has 5 aromatic rings. The van der Waals surface area contributed by atoms with Crippen molar-refractivity contribution in [3.63, 3.8) is 0 Å². The standard InChI is InChI=1S/C31H27N5O5S2/c1-4-41-21-14-13-20(16-22(21)40-3)26-24(27(37)25-18(2)32-23-12-8-9-15-35(23)25)28(38)29(39)36(26)30-33-34-31(43-30)42-17-19-10-6-5-7-11-19/h5-16,26,37H,4,17H2,1-3H3/b27-24+. The summed E-state index contributed by atoms with van der Waals surface area (Å²) in [6.45, 7) is 4.04. The number of rotatable bonds is 9. The van der Waals surface area contributed by atoms with E-state index < -0.39 is 17.7 Å². The Bertz CT molecular complexity index is 1870. The normalized spacial score (nSPS) is 16.3. The average molecular weight is 614 g/mol. The Balaban J connectivity index is 1.48. The number of hydrogen-bond acceptors (Lipinski definition) is 10. The number of aromatic nitrogens is 4.